The van der Waals surface area contributed by atoms with Gasteiger partial charge in [-0.1, -0.05) is 17.7 Å². The summed E-state index contributed by atoms with van der Waals surface area (Å²) in [5, 5.41) is 0.581. The lowest BCUT2D eigenvalue weighted by atomic mass is 9.97. The van der Waals surface area contributed by atoms with Gasteiger partial charge in [-0.05, 0) is 45.2 Å². The number of piperidine rings is 1. The van der Waals surface area contributed by atoms with Crippen LogP contribution >= 0.6 is 11.6 Å². The van der Waals surface area contributed by atoms with Crippen molar-refractivity contribution in [3.63, 3.8) is 0 Å². The normalized spacial score (nSPS) is 26.7. The first-order valence-corrected chi connectivity index (χ1v) is 5.97. The van der Waals surface area contributed by atoms with E-state index in [-0.39, 0.29) is 0 Å². The molecule has 0 radical (unpaired) electrons. The maximum atomic E-state index is 5.92. The van der Waals surface area contributed by atoms with Crippen molar-refractivity contribution in [1.82, 2.24) is 4.98 Å². The van der Waals surface area contributed by atoms with Crippen LogP contribution in [0.4, 0.5) is 5.82 Å². The summed E-state index contributed by atoms with van der Waals surface area (Å²) in [5.74, 6) is 1.02. The van der Waals surface area contributed by atoms with Crippen molar-refractivity contribution in [2.45, 2.75) is 45.2 Å². The fourth-order valence-corrected chi connectivity index (χ4v) is 2.57. The van der Waals surface area contributed by atoms with Gasteiger partial charge >= 0.3 is 0 Å². The molecule has 0 N–H and O–H groups in total. The van der Waals surface area contributed by atoms with Gasteiger partial charge in [0, 0.05) is 12.1 Å². The number of pyridine rings is 1. The van der Waals surface area contributed by atoms with E-state index in [4.69, 9.17) is 11.6 Å². The Balaban J connectivity index is 2.27. The van der Waals surface area contributed by atoms with Crippen molar-refractivity contribution in [3.8, 4) is 0 Å². The number of halogens is 1. The largest absolute Gasteiger partial charge is 0.351 e. The van der Waals surface area contributed by atoms with Gasteiger partial charge in [0.1, 0.15) is 11.0 Å². The van der Waals surface area contributed by atoms with E-state index in [0.29, 0.717) is 17.2 Å². The number of anilines is 1. The molecule has 1 aromatic heterocycles. The number of hydrogen-bond donors (Lipinski definition) is 0. The molecular formula is C12H17ClN2. The van der Waals surface area contributed by atoms with E-state index in [1.807, 2.05) is 18.2 Å². The van der Waals surface area contributed by atoms with Crippen LogP contribution in [-0.4, -0.2) is 17.1 Å². The maximum Gasteiger partial charge on any atom is 0.131 e. The number of aromatic nitrogens is 1. The zero-order valence-corrected chi connectivity index (χ0v) is 10.0. The molecule has 2 heterocycles. The minimum Gasteiger partial charge on any atom is -0.351 e. The van der Waals surface area contributed by atoms with Gasteiger partial charge in [-0.25, -0.2) is 4.98 Å². The average molecular weight is 225 g/mol. The summed E-state index contributed by atoms with van der Waals surface area (Å²) in [6.07, 6.45) is 3.82. The van der Waals surface area contributed by atoms with Crippen molar-refractivity contribution < 1.29 is 0 Å². The molecule has 1 fully saturated rings. The quantitative estimate of drug-likeness (QED) is 0.679. The predicted octanol–water partition coefficient (Wildman–Crippen LogP) is 3.50. The lowest BCUT2D eigenvalue weighted by Gasteiger charge is -2.40. The summed E-state index contributed by atoms with van der Waals surface area (Å²) in [4.78, 5) is 6.77. The smallest absolute Gasteiger partial charge is 0.131 e. The van der Waals surface area contributed by atoms with Crippen molar-refractivity contribution in [2.24, 2.45) is 0 Å². The lowest BCUT2D eigenvalue weighted by molar-refractivity contribution is 0.411. The van der Waals surface area contributed by atoms with Crippen LogP contribution in [0.5, 0.6) is 0 Å². The molecule has 1 aliphatic heterocycles. The zero-order chi connectivity index (χ0) is 10.8. The van der Waals surface area contributed by atoms with Gasteiger partial charge < -0.3 is 4.90 Å². The van der Waals surface area contributed by atoms with Gasteiger partial charge in [0.15, 0.2) is 0 Å². The molecule has 1 saturated heterocycles. The Hall–Kier alpha value is -0.760. The SMILES string of the molecule is C[C@@H]1CCC[C@H](C)N1c1cccc(Cl)n1. The molecule has 0 amide bonds. The first-order chi connectivity index (χ1) is 7.18. The molecule has 0 aromatic carbocycles. The molecule has 0 spiro atoms. The Labute approximate surface area is 96.3 Å². The number of rotatable bonds is 1. The van der Waals surface area contributed by atoms with Crippen LogP contribution in [0, 0.1) is 0 Å². The van der Waals surface area contributed by atoms with Gasteiger partial charge in [0.25, 0.3) is 0 Å². The van der Waals surface area contributed by atoms with Crippen molar-refractivity contribution in [2.75, 3.05) is 4.90 Å². The molecule has 2 atom stereocenters. The highest BCUT2D eigenvalue weighted by Gasteiger charge is 2.25. The van der Waals surface area contributed by atoms with E-state index < -0.39 is 0 Å². The third kappa shape index (κ3) is 2.25. The highest BCUT2D eigenvalue weighted by Crippen LogP contribution is 2.28. The van der Waals surface area contributed by atoms with Gasteiger partial charge in [-0.3, -0.25) is 0 Å². The average Bonchev–Trinajstić information content (AvgIpc) is 2.17. The molecule has 82 valence electrons. The van der Waals surface area contributed by atoms with E-state index >= 15 is 0 Å². The maximum absolute atomic E-state index is 5.92. The molecule has 0 saturated carbocycles. The summed E-state index contributed by atoms with van der Waals surface area (Å²) in [7, 11) is 0. The molecule has 1 aliphatic rings. The molecule has 2 nitrogen and oxygen atoms in total. The Morgan fingerprint density at radius 2 is 1.93 bits per heavy atom. The second-order valence-electron chi connectivity index (χ2n) is 4.35. The molecule has 3 heteroatoms. The molecule has 1 aromatic rings. The number of nitrogens with zero attached hydrogens (tertiary/aromatic N) is 2. The number of hydrogen-bond acceptors (Lipinski definition) is 2. The standard InChI is InChI=1S/C12H17ClN2/c1-9-5-3-6-10(2)15(9)12-8-4-7-11(13)14-12/h4,7-10H,3,5-6H2,1-2H3/t9-,10+. The lowest BCUT2D eigenvalue weighted by Crippen LogP contribution is -2.44. The van der Waals surface area contributed by atoms with Crippen LogP contribution in [0.2, 0.25) is 5.15 Å². The van der Waals surface area contributed by atoms with Gasteiger partial charge in [-0.2, -0.15) is 0 Å². The molecule has 0 bridgehead atoms. The summed E-state index contributed by atoms with van der Waals surface area (Å²) in [6, 6.07) is 6.98. The summed E-state index contributed by atoms with van der Waals surface area (Å²) in [6.45, 7) is 4.52. The van der Waals surface area contributed by atoms with Crippen LogP contribution in [0.15, 0.2) is 18.2 Å². The Bertz CT molecular complexity index is 330. The molecular weight excluding hydrogens is 208 g/mol. The highest BCUT2D eigenvalue weighted by atomic mass is 35.5. The Morgan fingerprint density at radius 1 is 1.27 bits per heavy atom. The Kier molecular flexibility index (Phi) is 3.15. The van der Waals surface area contributed by atoms with Crippen LogP contribution < -0.4 is 4.90 Å². The van der Waals surface area contributed by atoms with Crippen molar-refractivity contribution in [3.05, 3.63) is 23.4 Å². The van der Waals surface area contributed by atoms with Crippen LogP contribution in [-0.2, 0) is 0 Å². The third-order valence-electron chi connectivity index (χ3n) is 3.16. The molecule has 0 unspecified atom stereocenters. The third-order valence-corrected chi connectivity index (χ3v) is 3.37. The van der Waals surface area contributed by atoms with Crippen molar-refractivity contribution >= 4 is 17.4 Å². The van der Waals surface area contributed by atoms with Gasteiger partial charge in [0.2, 0.25) is 0 Å². The second kappa shape index (κ2) is 4.40. The zero-order valence-electron chi connectivity index (χ0n) is 9.28. The van der Waals surface area contributed by atoms with Crippen LogP contribution in [0.25, 0.3) is 0 Å². The summed E-state index contributed by atoms with van der Waals surface area (Å²) in [5.41, 5.74) is 0. The van der Waals surface area contributed by atoms with E-state index in [0.717, 1.165) is 5.82 Å². The van der Waals surface area contributed by atoms with E-state index in [1.165, 1.54) is 19.3 Å². The van der Waals surface area contributed by atoms with E-state index in [1.54, 1.807) is 0 Å². The van der Waals surface area contributed by atoms with Crippen LogP contribution in [0.1, 0.15) is 33.1 Å². The van der Waals surface area contributed by atoms with Crippen LogP contribution in [0.3, 0.4) is 0 Å². The fraction of sp³-hybridized carbons (Fsp3) is 0.583. The van der Waals surface area contributed by atoms with Gasteiger partial charge in [-0.15, -0.1) is 0 Å². The summed E-state index contributed by atoms with van der Waals surface area (Å²) >= 11 is 5.92. The predicted molar refractivity (Wildman–Crippen MR) is 64.5 cm³/mol. The molecule has 15 heavy (non-hydrogen) atoms. The second-order valence-corrected chi connectivity index (χ2v) is 4.74. The topological polar surface area (TPSA) is 16.1 Å². The molecule has 2 rings (SSSR count). The molecule has 0 aliphatic carbocycles. The Morgan fingerprint density at radius 3 is 2.53 bits per heavy atom. The minimum atomic E-state index is 0.569. The van der Waals surface area contributed by atoms with Crippen molar-refractivity contribution in [1.29, 1.82) is 0 Å². The fourth-order valence-electron chi connectivity index (χ4n) is 2.41. The van der Waals surface area contributed by atoms with E-state index in [9.17, 15) is 0 Å². The monoisotopic (exact) mass is 224 g/mol. The van der Waals surface area contributed by atoms with Gasteiger partial charge in [0.05, 0.1) is 0 Å². The minimum absolute atomic E-state index is 0.569. The first-order valence-electron chi connectivity index (χ1n) is 5.59. The van der Waals surface area contributed by atoms with E-state index in [2.05, 4.69) is 23.7 Å². The first kappa shape index (κ1) is 10.7. The highest BCUT2D eigenvalue weighted by molar-refractivity contribution is 6.29. The summed E-state index contributed by atoms with van der Waals surface area (Å²) < 4.78 is 0.